The molecule has 7 nitrogen and oxygen atoms in total. The van der Waals surface area contributed by atoms with Crippen LogP contribution in [0.2, 0.25) is 0 Å². The molecule has 0 fully saturated rings. The third kappa shape index (κ3) is 2.62. The first-order chi connectivity index (χ1) is 7.06. The predicted octanol–water partition coefficient (Wildman–Crippen LogP) is -0.880. The Morgan fingerprint density at radius 1 is 1.73 bits per heavy atom. The van der Waals surface area contributed by atoms with Crippen molar-refractivity contribution in [3.8, 4) is 0 Å². The Hall–Kier alpha value is -1.70. The van der Waals surface area contributed by atoms with Crippen molar-refractivity contribution in [3.05, 3.63) is 20.8 Å². The van der Waals surface area contributed by atoms with Gasteiger partial charge < -0.3 is 10.6 Å². The number of aromatic amines is 1. The Labute approximate surface area is 89.8 Å². The second kappa shape index (κ2) is 4.69. The van der Waals surface area contributed by atoms with Crippen LogP contribution in [0.3, 0.4) is 0 Å². The van der Waals surface area contributed by atoms with Gasteiger partial charge in [-0.3, -0.25) is 14.7 Å². The van der Waals surface area contributed by atoms with E-state index < -0.39 is 11.5 Å². The Balaban J connectivity index is 2.88. The fourth-order valence-corrected chi connectivity index (χ4v) is 1.06. The second-order valence-electron chi connectivity index (χ2n) is 2.73. The number of H-pyrrole nitrogens is 1. The van der Waals surface area contributed by atoms with Crippen LogP contribution in [-0.2, 0) is 16.0 Å². The molecule has 1 rings (SSSR count). The fourth-order valence-electron chi connectivity index (χ4n) is 0.934. The molecule has 0 saturated heterocycles. The van der Waals surface area contributed by atoms with Crippen LogP contribution in [0.25, 0.3) is 0 Å². The summed E-state index contributed by atoms with van der Waals surface area (Å²) in [6.07, 6.45) is 0.234. The molecule has 0 aromatic carbocycles. The number of nitrogen functional groups attached to an aromatic ring is 1. The number of nitrogens with two attached hydrogens (primary N) is 1. The molecule has 3 N–H and O–H groups in total. The molecule has 82 valence electrons. The van der Waals surface area contributed by atoms with Gasteiger partial charge in [0.05, 0.1) is 13.5 Å². The number of carbonyl (C=O) groups excluding carboxylic acids is 1. The summed E-state index contributed by atoms with van der Waals surface area (Å²) in [5, 5.41) is 6.10. The number of nitrogens with one attached hydrogen (secondary N) is 1. The van der Waals surface area contributed by atoms with Crippen molar-refractivity contribution in [2.45, 2.75) is 12.8 Å². The van der Waals surface area contributed by atoms with Gasteiger partial charge in [-0.1, -0.05) is 0 Å². The smallest absolute Gasteiger partial charge is 0.305 e. The molecule has 0 bridgehead atoms. The average Bonchev–Trinajstić information content (AvgIpc) is 2.24. The lowest BCUT2D eigenvalue weighted by Crippen LogP contribution is -2.32. The molecule has 1 aromatic heterocycles. The Kier molecular flexibility index (Phi) is 3.56. The number of esters is 1. The van der Waals surface area contributed by atoms with Crippen LogP contribution in [0.5, 0.6) is 0 Å². The third-order valence-electron chi connectivity index (χ3n) is 1.76. The number of carbonyl (C=O) groups is 1. The normalized spacial score (nSPS) is 9.93. The highest BCUT2D eigenvalue weighted by Gasteiger charge is 2.08. The van der Waals surface area contributed by atoms with Gasteiger partial charge in [0.1, 0.15) is 5.69 Å². The van der Waals surface area contributed by atoms with E-state index in [4.69, 9.17) is 5.84 Å². The summed E-state index contributed by atoms with van der Waals surface area (Å²) in [4.78, 5) is 22.3. The standard InChI is InChI=1S/C7H10N4O3S/c1-14-5(12)3-2-4-6(13)11(8)7(15)10-9-4/h2-3,8H2,1H3,(H,10,15). The SMILES string of the molecule is COC(=O)CCc1n[nH]c(=S)n(N)c1=O. The van der Waals surface area contributed by atoms with Crippen LogP contribution in [0, 0.1) is 4.77 Å². The molecule has 0 aliphatic heterocycles. The van der Waals surface area contributed by atoms with Crippen molar-refractivity contribution in [1.29, 1.82) is 0 Å². The van der Waals surface area contributed by atoms with Gasteiger partial charge >= 0.3 is 5.97 Å². The molecular formula is C7H10N4O3S. The fraction of sp³-hybridized carbons (Fsp3) is 0.429. The highest BCUT2D eigenvalue weighted by Crippen LogP contribution is 1.93. The number of hydrogen-bond acceptors (Lipinski definition) is 6. The Morgan fingerprint density at radius 2 is 2.40 bits per heavy atom. The zero-order chi connectivity index (χ0) is 11.4. The van der Waals surface area contributed by atoms with Crippen LogP contribution < -0.4 is 11.4 Å². The zero-order valence-corrected chi connectivity index (χ0v) is 8.84. The van der Waals surface area contributed by atoms with Crippen LogP contribution in [0.15, 0.2) is 4.79 Å². The van der Waals surface area contributed by atoms with Crippen LogP contribution in [-0.4, -0.2) is 28.0 Å². The molecule has 0 atom stereocenters. The van der Waals surface area contributed by atoms with Crippen molar-refractivity contribution in [3.63, 3.8) is 0 Å². The minimum atomic E-state index is -0.511. The maximum atomic E-state index is 11.4. The molecule has 1 heterocycles. The zero-order valence-electron chi connectivity index (χ0n) is 8.02. The van der Waals surface area contributed by atoms with E-state index >= 15 is 0 Å². The van der Waals surface area contributed by atoms with Crippen molar-refractivity contribution in [2.75, 3.05) is 13.0 Å². The maximum Gasteiger partial charge on any atom is 0.305 e. The number of hydrogen-bond donors (Lipinski definition) is 2. The number of ether oxygens (including phenoxy) is 1. The summed E-state index contributed by atoms with van der Waals surface area (Å²) in [5.74, 6) is 4.92. The molecule has 0 radical (unpaired) electrons. The Bertz CT molecular complexity index is 478. The lowest BCUT2D eigenvalue weighted by molar-refractivity contribution is -0.140. The van der Waals surface area contributed by atoms with E-state index in [2.05, 4.69) is 27.2 Å². The van der Waals surface area contributed by atoms with Crippen molar-refractivity contribution in [1.82, 2.24) is 14.9 Å². The largest absolute Gasteiger partial charge is 0.469 e. The van der Waals surface area contributed by atoms with Crippen molar-refractivity contribution < 1.29 is 9.53 Å². The first kappa shape index (κ1) is 11.4. The minimum absolute atomic E-state index is 0.0295. The first-order valence-corrected chi connectivity index (χ1v) is 4.49. The molecule has 1 aromatic rings. The molecule has 0 aliphatic rings. The summed E-state index contributed by atoms with van der Waals surface area (Å²) in [6.45, 7) is 0. The summed E-state index contributed by atoms with van der Waals surface area (Å²) in [6, 6.07) is 0. The van der Waals surface area contributed by atoms with Gasteiger partial charge in [0.2, 0.25) is 4.77 Å². The van der Waals surface area contributed by atoms with Gasteiger partial charge in [0.15, 0.2) is 0 Å². The van der Waals surface area contributed by atoms with E-state index in [1.807, 2.05) is 0 Å². The average molecular weight is 230 g/mol. The predicted molar refractivity (Wildman–Crippen MR) is 54.2 cm³/mol. The lowest BCUT2D eigenvalue weighted by atomic mass is 10.2. The molecule has 15 heavy (non-hydrogen) atoms. The number of rotatable bonds is 3. The van der Waals surface area contributed by atoms with Gasteiger partial charge in [-0.05, 0) is 12.2 Å². The molecule has 0 aliphatic carbocycles. The molecule has 0 amide bonds. The second-order valence-corrected chi connectivity index (χ2v) is 3.11. The van der Waals surface area contributed by atoms with Crippen LogP contribution in [0.1, 0.15) is 12.1 Å². The van der Waals surface area contributed by atoms with Crippen LogP contribution >= 0.6 is 12.2 Å². The lowest BCUT2D eigenvalue weighted by Gasteiger charge is -2.01. The summed E-state index contributed by atoms with van der Waals surface area (Å²) < 4.78 is 5.23. The molecule has 0 unspecified atom stereocenters. The van der Waals surface area contributed by atoms with E-state index in [1.165, 1.54) is 7.11 Å². The molecule has 8 heteroatoms. The first-order valence-electron chi connectivity index (χ1n) is 4.08. The number of aromatic nitrogens is 3. The molecule has 0 saturated carbocycles. The highest BCUT2D eigenvalue weighted by molar-refractivity contribution is 7.71. The van der Waals surface area contributed by atoms with E-state index in [0.29, 0.717) is 0 Å². The minimum Gasteiger partial charge on any atom is -0.469 e. The number of aryl methyl sites for hydroxylation is 1. The van der Waals surface area contributed by atoms with E-state index in [0.717, 1.165) is 4.68 Å². The van der Waals surface area contributed by atoms with Gasteiger partial charge in [-0.15, -0.1) is 0 Å². The van der Waals surface area contributed by atoms with Crippen LogP contribution in [0.4, 0.5) is 0 Å². The van der Waals surface area contributed by atoms with Crippen molar-refractivity contribution in [2.24, 2.45) is 0 Å². The number of methoxy groups -OCH3 is 1. The summed E-state index contributed by atoms with van der Waals surface area (Å²) in [7, 11) is 1.27. The van der Waals surface area contributed by atoms with Gasteiger partial charge in [0.25, 0.3) is 5.56 Å². The van der Waals surface area contributed by atoms with Crippen molar-refractivity contribution >= 4 is 18.2 Å². The van der Waals surface area contributed by atoms with E-state index in [1.54, 1.807) is 0 Å². The highest BCUT2D eigenvalue weighted by atomic mass is 32.1. The monoisotopic (exact) mass is 230 g/mol. The summed E-state index contributed by atoms with van der Waals surface area (Å²) >= 11 is 4.69. The van der Waals surface area contributed by atoms with Gasteiger partial charge in [-0.2, -0.15) is 9.77 Å². The Morgan fingerprint density at radius 3 is 3.00 bits per heavy atom. The third-order valence-corrected chi connectivity index (χ3v) is 2.05. The summed E-state index contributed by atoms with van der Waals surface area (Å²) in [5.41, 5.74) is -0.362. The number of nitrogens with zero attached hydrogens (tertiary/aromatic N) is 2. The van der Waals surface area contributed by atoms with Gasteiger partial charge in [-0.25, -0.2) is 0 Å². The quantitative estimate of drug-likeness (QED) is 0.397. The van der Waals surface area contributed by atoms with E-state index in [9.17, 15) is 9.59 Å². The van der Waals surface area contributed by atoms with E-state index in [-0.39, 0.29) is 23.3 Å². The maximum absolute atomic E-state index is 11.4. The molecular weight excluding hydrogens is 220 g/mol. The topological polar surface area (TPSA) is 103 Å². The van der Waals surface area contributed by atoms with Gasteiger partial charge in [0, 0.05) is 6.42 Å². The molecule has 0 spiro atoms.